The molecule has 2 saturated heterocycles. The molecule has 33 heavy (non-hydrogen) atoms. The molecule has 0 bridgehead atoms. The van der Waals surface area contributed by atoms with Crippen LogP contribution in [-0.4, -0.2) is 69.8 Å². The fraction of sp³-hybridized carbons (Fsp3) is 0.458. The number of rotatable bonds is 8. The quantitative estimate of drug-likeness (QED) is 0.575. The Balaban J connectivity index is 1.47. The number of likely N-dealkylation sites (tertiary alicyclic amines) is 1. The fourth-order valence-electron chi connectivity index (χ4n) is 4.26. The molecule has 0 atom stereocenters. The Morgan fingerprint density at radius 1 is 1.03 bits per heavy atom. The van der Waals surface area contributed by atoms with Gasteiger partial charge in [-0.2, -0.15) is 0 Å². The van der Waals surface area contributed by atoms with Gasteiger partial charge >= 0.3 is 0 Å². The van der Waals surface area contributed by atoms with Crippen molar-refractivity contribution in [3.63, 3.8) is 0 Å². The van der Waals surface area contributed by atoms with Crippen molar-refractivity contribution >= 4 is 27.7 Å². The van der Waals surface area contributed by atoms with Crippen LogP contribution in [0.2, 0.25) is 0 Å². The zero-order valence-electron chi connectivity index (χ0n) is 19.0. The lowest BCUT2D eigenvalue weighted by Gasteiger charge is -2.27. The molecule has 178 valence electrons. The van der Waals surface area contributed by atoms with Gasteiger partial charge < -0.3 is 9.64 Å². The van der Waals surface area contributed by atoms with Gasteiger partial charge in [0.05, 0.1) is 23.7 Å². The number of nitrogens with zero attached hydrogens (tertiary/aromatic N) is 2. The van der Waals surface area contributed by atoms with Crippen molar-refractivity contribution in [2.24, 2.45) is 0 Å². The summed E-state index contributed by atoms with van der Waals surface area (Å²) in [5.74, 6) is -0.158. The Morgan fingerprint density at radius 3 is 2.48 bits per heavy atom. The van der Waals surface area contributed by atoms with Crippen LogP contribution in [0.1, 0.15) is 34.3 Å². The SMILES string of the molecule is CSc1ccc(S(=O)(=O)NCc2cccc(CN3CCCC3)c2)cc1C(=O)N1CCOCC1. The van der Waals surface area contributed by atoms with Gasteiger partial charge in [0.25, 0.3) is 5.91 Å². The van der Waals surface area contributed by atoms with Crippen LogP contribution in [-0.2, 0) is 27.8 Å². The predicted octanol–water partition coefficient (Wildman–Crippen LogP) is 2.96. The molecule has 2 heterocycles. The Labute approximate surface area is 200 Å². The summed E-state index contributed by atoms with van der Waals surface area (Å²) < 4.78 is 34.1. The second-order valence-electron chi connectivity index (χ2n) is 8.39. The van der Waals surface area contributed by atoms with Crippen LogP contribution in [0.15, 0.2) is 52.3 Å². The van der Waals surface area contributed by atoms with Crippen LogP contribution in [0.4, 0.5) is 0 Å². The minimum absolute atomic E-state index is 0.102. The van der Waals surface area contributed by atoms with Gasteiger partial charge in [-0.25, -0.2) is 13.1 Å². The normalized spacial score (nSPS) is 17.4. The van der Waals surface area contributed by atoms with Gasteiger partial charge in [0.2, 0.25) is 10.0 Å². The first-order valence-electron chi connectivity index (χ1n) is 11.3. The van der Waals surface area contributed by atoms with E-state index in [1.54, 1.807) is 17.0 Å². The minimum Gasteiger partial charge on any atom is -0.378 e. The number of amides is 1. The summed E-state index contributed by atoms with van der Waals surface area (Å²) in [6, 6.07) is 12.8. The lowest BCUT2D eigenvalue weighted by atomic mass is 10.1. The summed E-state index contributed by atoms with van der Waals surface area (Å²) >= 11 is 1.43. The second-order valence-corrected chi connectivity index (χ2v) is 11.0. The van der Waals surface area contributed by atoms with Crippen molar-refractivity contribution < 1.29 is 17.9 Å². The van der Waals surface area contributed by atoms with Crippen molar-refractivity contribution in [3.8, 4) is 0 Å². The van der Waals surface area contributed by atoms with Crippen molar-refractivity contribution in [1.29, 1.82) is 0 Å². The number of thioether (sulfide) groups is 1. The maximum atomic E-state index is 13.1. The summed E-state index contributed by atoms with van der Waals surface area (Å²) in [5, 5.41) is 0. The van der Waals surface area contributed by atoms with Crippen LogP contribution in [0, 0.1) is 0 Å². The first-order valence-corrected chi connectivity index (χ1v) is 14.0. The van der Waals surface area contributed by atoms with Crippen LogP contribution in [0.25, 0.3) is 0 Å². The lowest BCUT2D eigenvalue weighted by Crippen LogP contribution is -2.41. The molecule has 9 heteroatoms. The number of hydrogen-bond donors (Lipinski definition) is 1. The van der Waals surface area contributed by atoms with E-state index in [4.69, 9.17) is 4.74 Å². The molecule has 1 N–H and O–H groups in total. The molecule has 0 radical (unpaired) electrons. The number of hydrogen-bond acceptors (Lipinski definition) is 6. The number of ether oxygens (including phenoxy) is 1. The molecule has 0 aromatic heterocycles. The summed E-state index contributed by atoms with van der Waals surface area (Å²) in [7, 11) is -3.77. The molecule has 0 spiro atoms. The second kappa shape index (κ2) is 11.0. The molecule has 2 fully saturated rings. The lowest BCUT2D eigenvalue weighted by molar-refractivity contribution is 0.0300. The van der Waals surface area contributed by atoms with Gasteiger partial charge in [0, 0.05) is 31.1 Å². The third-order valence-corrected chi connectivity index (χ3v) is 8.27. The van der Waals surface area contributed by atoms with E-state index in [0.29, 0.717) is 31.9 Å². The van der Waals surface area contributed by atoms with Gasteiger partial charge in [-0.05, 0) is 61.5 Å². The molecule has 2 aromatic carbocycles. The largest absolute Gasteiger partial charge is 0.378 e. The van der Waals surface area contributed by atoms with Gasteiger partial charge in [-0.3, -0.25) is 9.69 Å². The third-order valence-electron chi connectivity index (χ3n) is 6.07. The predicted molar refractivity (Wildman–Crippen MR) is 130 cm³/mol. The molecule has 0 saturated carbocycles. The number of carbonyl (C=O) groups excluding carboxylic acids is 1. The number of sulfonamides is 1. The smallest absolute Gasteiger partial charge is 0.255 e. The Bertz CT molecular complexity index is 1080. The van der Waals surface area contributed by atoms with E-state index in [9.17, 15) is 13.2 Å². The Kier molecular flexibility index (Phi) is 8.08. The zero-order valence-corrected chi connectivity index (χ0v) is 20.6. The van der Waals surface area contributed by atoms with Crippen molar-refractivity contribution in [1.82, 2.24) is 14.5 Å². The van der Waals surface area contributed by atoms with E-state index in [1.165, 1.54) is 36.2 Å². The van der Waals surface area contributed by atoms with E-state index in [2.05, 4.69) is 21.8 Å². The molecule has 7 nitrogen and oxygen atoms in total. The number of carbonyl (C=O) groups is 1. The molecule has 2 aliphatic heterocycles. The molecular weight excluding hydrogens is 458 g/mol. The molecule has 4 rings (SSSR count). The average molecular weight is 490 g/mol. The highest BCUT2D eigenvalue weighted by molar-refractivity contribution is 7.98. The van der Waals surface area contributed by atoms with Crippen molar-refractivity contribution in [2.45, 2.75) is 35.7 Å². The van der Waals surface area contributed by atoms with Crippen LogP contribution < -0.4 is 4.72 Å². The van der Waals surface area contributed by atoms with Gasteiger partial charge in [-0.15, -0.1) is 11.8 Å². The highest BCUT2D eigenvalue weighted by Gasteiger charge is 2.24. The zero-order chi connectivity index (χ0) is 23.3. The summed E-state index contributed by atoms with van der Waals surface area (Å²) in [6.45, 7) is 5.35. The van der Waals surface area contributed by atoms with Crippen LogP contribution in [0.3, 0.4) is 0 Å². The maximum Gasteiger partial charge on any atom is 0.255 e. The average Bonchev–Trinajstić information content (AvgIpc) is 3.36. The number of morpholine rings is 1. The molecule has 2 aromatic rings. The van der Waals surface area contributed by atoms with Gasteiger partial charge in [-0.1, -0.05) is 24.3 Å². The van der Waals surface area contributed by atoms with E-state index in [1.807, 2.05) is 18.4 Å². The van der Waals surface area contributed by atoms with E-state index < -0.39 is 10.0 Å². The van der Waals surface area contributed by atoms with E-state index in [0.717, 1.165) is 30.1 Å². The Morgan fingerprint density at radius 2 is 1.76 bits per heavy atom. The molecule has 2 aliphatic rings. The van der Waals surface area contributed by atoms with Crippen LogP contribution in [0.5, 0.6) is 0 Å². The number of nitrogens with one attached hydrogen (secondary N) is 1. The highest BCUT2D eigenvalue weighted by Crippen LogP contribution is 2.25. The standard InChI is InChI=1S/C24H31N3O4S2/c1-32-23-8-7-21(16-22(23)24(28)27-11-13-31-14-12-27)33(29,30)25-17-19-5-4-6-20(15-19)18-26-9-2-3-10-26/h4-8,15-16,25H,2-3,9-14,17-18H2,1H3. The summed E-state index contributed by atoms with van der Waals surface area (Å²) in [4.78, 5) is 18.1. The monoisotopic (exact) mass is 489 g/mol. The highest BCUT2D eigenvalue weighted by atomic mass is 32.2. The fourth-order valence-corrected chi connectivity index (χ4v) is 5.87. The summed E-state index contributed by atoms with van der Waals surface area (Å²) in [6.07, 6.45) is 4.36. The molecule has 0 unspecified atom stereocenters. The van der Waals surface area contributed by atoms with Gasteiger partial charge in [0.1, 0.15) is 0 Å². The maximum absolute atomic E-state index is 13.1. The Hall–Kier alpha value is -1.91. The van der Waals surface area contributed by atoms with E-state index >= 15 is 0 Å². The molecule has 1 amide bonds. The third kappa shape index (κ3) is 6.16. The topological polar surface area (TPSA) is 79.0 Å². The van der Waals surface area contributed by atoms with Crippen LogP contribution >= 0.6 is 11.8 Å². The van der Waals surface area contributed by atoms with Crippen molar-refractivity contribution in [3.05, 3.63) is 59.2 Å². The first-order chi connectivity index (χ1) is 16.0. The number of benzene rings is 2. The minimum atomic E-state index is -3.77. The molecular formula is C24H31N3O4S2. The van der Waals surface area contributed by atoms with Crippen molar-refractivity contribution in [2.75, 3.05) is 45.6 Å². The summed E-state index contributed by atoms with van der Waals surface area (Å²) in [5.41, 5.74) is 2.52. The molecule has 0 aliphatic carbocycles. The van der Waals surface area contributed by atoms with Gasteiger partial charge in [0.15, 0.2) is 0 Å². The van der Waals surface area contributed by atoms with E-state index in [-0.39, 0.29) is 17.3 Å². The first kappa shape index (κ1) is 24.2.